The van der Waals surface area contributed by atoms with Gasteiger partial charge in [0.2, 0.25) is 5.95 Å². The highest BCUT2D eigenvalue weighted by Gasteiger charge is 2.18. The molecule has 0 spiro atoms. The van der Waals surface area contributed by atoms with Gasteiger partial charge in [-0.15, -0.1) is 0 Å². The van der Waals surface area contributed by atoms with Gasteiger partial charge < -0.3 is 24.3 Å². The van der Waals surface area contributed by atoms with E-state index in [4.69, 9.17) is 19.4 Å². The minimum absolute atomic E-state index is 0.649. The first-order valence-electron chi connectivity index (χ1n) is 12.3. The van der Waals surface area contributed by atoms with Crippen LogP contribution in [0.3, 0.4) is 0 Å². The molecule has 37 heavy (non-hydrogen) atoms. The maximum atomic E-state index is 6.18. The van der Waals surface area contributed by atoms with Crippen molar-refractivity contribution in [2.75, 3.05) is 36.5 Å². The number of anilines is 3. The Hall–Kier alpha value is -4.18. The molecule has 184 valence electrons. The summed E-state index contributed by atoms with van der Waals surface area (Å²) < 4.78 is 13.7. The standard InChI is InChI=1S/C25H26B2N8O2/c1-14-11-15(3-6-19(14)37-16-4-5-18-17(12-16)28-13-34(18)2)29-23-21-20(30-24(27)33-23)22(26)32-25(31-21)35-7-9-36-10-8-35/h3-6,11-13H,7-10,26-27H2,1-2H3,(H,29,30,33). The predicted molar refractivity (Wildman–Crippen MR) is 150 cm³/mol. The van der Waals surface area contributed by atoms with Crippen LogP contribution < -0.4 is 26.3 Å². The van der Waals surface area contributed by atoms with Gasteiger partial charge in [0.15, 0.2) is 21.5 Å². The second-order valence-corrected chi connectivity index (χ2v) is 9.24. The minimum Gasteiger partial charge on any atom is -0.457 e. The topological polar surface area (TPSA) is 103 Å². The molecule has 5 aromatic rings. The van der Waals surface area contributed by atoms with E-state index in [2.05, 4.69) is 25.2 Å². The van der Waals surface area contributed by atoms with Crippen LogP contribution >= 0.6 is 0 Å². The molecule has 3 aromatic heterocycles. The van der Waals surface area contributed by atoms with E-state index in [0.717, 1.165) is 58.0 Å². The molecule has 0 radical (unpaired) electrons. The van der Waals surface area contributed by atoms with E-state index in [-0.39, 0.29) is 0 Å². The highest BCUT2D eigenvalue weighted by Crippen LogP contribution is 2.30. The summed E-state index contributed by atoms with van der Waals surface area (Å²) in [6, 6.07) is 11.9. The van der Waals surface area contributed by atoms with Crippen molar-refractivity contribution in [1.29, 1.82) is 0 Å². The molecular formula is C25H26B2N8O2. The van der Waals surface area contributed by atoms with Crippen LogP contribution in [-0.2, 0) is 11.8 Å². The van der Waals surface area contributed by atoms with Gasteiger partial charge in [-0.2, -0.15) is 0 Å². The number of nitrogens with zero attached hydrogens (tertiary/aromatic N) is 7. The average Bonchev–Trinajstić information content (AvgIpc) is 3.26. The number of benzene rings is 2. The van der Waals surface area contributed by atoms with Crippen molar-refractivity contribution >= 4 is 66.5 Å². The fourth-order valence-corrected chi connectivity index (χ4v) is 4.53. The molecule has 0 saturated carbocycles. The normalized spacial score (nSPS) is 13.8. The summed E-state index contributed by atoms with van der Waals surface area (Å²) in [5.74, 6) is 2.84. The van der Waals surface area contributed by atoms with Crippen molar-refractivity contribution in [3.05, 3.63) is 48.3 Å². The zero-order valence-corrected chi connectivity index (χ0v) is 21.3. The molecule has 1 aliphatic heterocycles. The van der Waals surface area contributed by atoms with Crippen LogP contribution in [0.15, 0.2) is 42.7 Å². The number of ether oxygens (including phenoxy) is 2. The number of aryl methyl sites for hydroxylation is 2. The maximum absolute atomic E-state index is 6.18. The molecule has 0 aliphatic carbocycles. The molecule has 0 unspecified atom stereocenters. The lowest BCUT2D eigenvalue weighted by Crippen LogP contribution is -2.38. The maximum Gasteiger partial charge on any atom is 0.225 e. The smallest absolute Gasteiger partial charge is 0.225 e. The summed E-state index contributed by atoms with van der Waals surface area (Å²) in [6.07, 6.45) is 1.80. The second-order valence-electron chi connectivity index (χ2n) is 9.24. The van der Waals surface area contributed by atoms with Crippen LogP contribution in [0.1, 0.15) is 5.56 Å². The largest absolute Gasteiger partial charge is 0.457 e. The van der Waals surface area contributed by atoms with Gasteiger partial charge in [0.05, 0.1) is 36.3 Å². The third-order valence-electron chi connectivity index (χ3n) is 6.47. The second kappa shape index (κ2) is 9.36. The lowest BCUT2D eigenvalue weighted by molar-refractivity contribution is 0.122. The minimum atomic E-state index is 0.649. The summed E-state index contributed by atoms with van der Waals surface area (Å²) in [6.45, 7) is 4.87. The van der Waals surface area contributed by atoms with Crippen LogP contribution in [0.4, 0.5) is 17.5 Å². The highest BCUT2D eigenvalue weighted by molar-refractivity contribution is 6.37. The Morgan fingerprint density at radius 1 is 0.973 bits per heavy atom. The number of fused-ring (bicyclic) bond motifs is 2. The molecule has 1 N–H and O–H groups in total. The number of hydrogen-bond donors (Lipinski definition) is 1. The summed E-state index contributed by atoms with van der Waals surface area (Å²) in [5, 5.41) is 3.45. The summed E-state index contributed by atoms with van der Waals surface area (Å²) in [7, 11) is 5.81. The number of nitrogens with one attached hydrogen (secondary N) is 1. The zero-order chi connectivity index (χ0) is 25.5. The van der Waals surface area contributed by atoms with E-state index in [1.165, 1.54) is 0 Å². The molecular weight excluding hydrogens is 466 g/mol. The monoisotopic (exact) mass is 492 g/mol. The van der Waals surface area contributed by atoms with Crippen molar-refractivity contribution in [2.45, 2.75) is 6.92 Å². The van der Waals surface area contributed by atoms with Crippen molar-refractivity contribution in [2.24, 2.45) is 7.05 Å². The van der Waals surface area contributed by atoms with E-state index in [1.54, 1.807) is 6.33 Å². The van der Waals surface area contributed by atoms with Crippen molar-refractivity contribution in [3.63, 3.8) is 0 Å². The molecule has 1 fully saturated rings. The molecule has 12 heteroatoms. The van der Waals surface area contributed by atoms with Gasteiger partial charge in [-0.05, 0) is 42.8 Å². The van der Waals surface area contributed by atoms with Crippen LogP contribution in [0, 0.1) is 6.92 Å². The van der Waals surface area contributed by atoms with Crippen molar-refractivity contribution < 1.29 is 9.47 Å². The molecule has 2 aromatic carbocycles. The predicted octanol–water partition coefficient (Wildman–Crippen LogP) is 0.504. The lowest BCUT2D eigenvalue weighted by Gasteiger charge is -2.27. The Balaban J connectivity index is 1.29. The van der Waals surface area contributed by atoms with Crippen LogP contribution in [0.5, 0.6) is 11.5 Å². The molecule has 6 rings (SSSR count). The van der Waals surface area contributed by atoms with Gasteiger partial charge >= 0.3 is 0 Å². The van der Waals surface area contributed by atoms with Gasteiger partial charge in [0, 0.05) is 37.5 Å². The molecule has 4 heterocycles. The third-order valence-corrected chi connectivity index (χ3v) is 6.47. The number of imidazole rings is 1. The Bertz CT molecular complexity index is 1630. The van der Waals surface area contributed by atoms with Gasteiger partial charge in [-0.3, -0.25) is 0 Å². The van der Waals surface area contributed by atoms with Gasteiger partial charge in [-0.1, -0.05) is 0 Å². The first-order valence-corrected chi connectivity index (χ1v) is 12.3. The van der Waals surface area contributed by atoms with E-state index >= 15 is 0 Å². The summed E-state index contributed by atoms with van der Waals surface area (Å²) in [4.78, 5) is 25.4. The van der Waals surface area contributed by atoms with Crippen molar-refractivity contribution in [3.8, 4) is 11.5 Å². The average molecular weight is 492 g/mol. The van der Waals surface area contributed by atoms with E-state index < -0.39 is 0 Å². The Morgan fingerprint density at radius 3 is 2.62 bits per heavy atom. The Morgan fingerprint density at radius 2 is 1.81 bits per heavy atom. The number of aromatic nitrogens is 6. The zero-order valence-electron chi connectivity index (χ0n) is 21.3. The molecule has 1 aliphatic rings. The summed E-state index contributed by atoms with van der Waals surface area (Å²) in [5.41, 5.74) is 6.75. The first kappa shape index (κ1) is 23.2. The fraction of sp³-hybridized carbons (Fsp3) is 0.240. The van der Waals surface area contributed by atoms with Crippen molar-refractivity contribution in [1.82, 2.24) is 29.5 Å². The lowest BCUT2D eigenvalue weighted by atomic mass is 10.0. The Labute approximate surface area is 215 Å². The molecule has 0 bridgehead atoms. The van der Waals surface area contributed by atoms with Gasteiger partial charge in [0.25, 0.3) is 0 Å². The molecule has 1 saturated heterocycles. The number of morpholine rings is 1. The first-order chi connectivity index (χ1) is 17.9. The van der Waals surface area contributed by atoms with Crippen LogP contribution in [0.2, 0.25) is 0 Å². The van der Waals surface area contributed by atoms with E-state index in [9.17, 15) is 0 Å². The summed E-state index contributed by atoms with van der Waals surface area (Å²) >= 11 is 0. The van der Waals surface area contributed by atoms with Gasteiger partial charge in [-0.25, -0.2) is 24.9 Å². The van der Waals surface area contributed by atoms with Crippen LogP contribution in [-0.4, -0.2) is 71.5 Å². The quantitative estimate of drug-likeness (QED) is 0.352. The fourth-order valence-electron chi connectivity index (χ4n) is 4.53. The Kier molecular flexibility index (Phi) is 5.88. The van der Waals surface area contributed by atoms with Crippen LogP contribution in [0.25, 0.3) is 22.1 Å². The van der Waals surface area contributed by atoms with E-state index in [1.807, 2.05) is 70.6 Å². The third kappa shape index (κ3) is 4.55. The SMILES string of the molecule is Bc1nc(Nc2ccc(Oc3ccc4c(c3)ncn4C)c(C)c2)c2nc(N3CCOCC3)nc(B)c2n1. The number of hydrogen-bond acceptors (Lipinski definition) is 9. The molecule has 0 atom stereocenters. The molecule has 10 nitrogen and oxygen atoms in total. The molecule has 0 amide bonds. The number of rotatable bonds is 5. The van der Waals surface area contributed by atoms with Gasteiger partial charge in [0.1, 0.15) is 22.5 Å². The van der Waals surface area contributed by atoms with E-state index in [0.29, 0.717) is 36.2 Å². The highest BCUT2D eigenvalue weighted by atomic mass is 16.5.